The smallest absolute Gasteiger partial charge is 0.170 e. The third kappa shape index (κ3) is 2.13. The Bertz CT molecular complexity index is 664. The molecule has 21 heavy (non-hydrogen) atoms. The van der Waals surface area contributed by atoms with Gasteiger partial charge in [-0.15, -0.1) is 0 Å². The summed E-state index contributed by atoms with van der Waals surface area (Å²) in [7, 11) is 3.27. The maximum atomic E-state index is 6.34. The van der Waals surface area contributed by atoms with Crippen LogP contribution in [0.2, 0.25) is 0 Å². The summed E-state index contributed by atoms with van der Waals surface area (Å²) in [6.45, 7) is 3.13. The lowest BCUT2D eigenvalue weighted by Gasteiger charge is -2.20. The summed E-state index contributed by atoms with van der Waals surface area (Å²) in [4.78, 5) is 4.79. The molecule has 3 rings (SSSR count). The predicted molar refractivity (Wildman–Crippen MR) is 82.8 cm³/mol. The average Bonchev–Trinajstić information content (AvgIpc) is 2.85. The maximum Gasteiger partial charge on any atom is 0.170 e. The standard InChI is InChI=1S/C16H21N3O2/c1-10-6-5-9-19-15(17)13(18-16(10)19)11-7-4-8-12(20-2)14(11)21-3/h4,7-8,10H,5-6,9,17H2,1-3H3. The zero-order chi connectivity index (χ0) is 15.0. The van der Waals surface area contributed by atoms with Gasteiger partial charge >= 0.3 is 0 Å². The molecule has 112 valence electrons. The molecule has 1 aromatic carbocycles. The minimum absolute atomic E-state index is 0.436. The number of ether oxygens (including phenoxy) is 2. The van der Waals surface area contributed by atoms with E-state index in [0.29, 0.717) is 23.2 Å². The third-order valence-electron chi connectivity index (χ3n) is 4.15. The topological polar surface area (TPSA) is 62.3 Å². The fourth-order valence-corrected chi connectivity index (χ4v) is 3.05. The van der Waals surface area contributed by atoms with E-state index in [2.05, 4.69) is 11.5 Å². The first-order chi connectivity index (χ1) is 10.2. The van der Waals surface area contributed by atoms with Gasteiger partial charge in [0, 0.05) is 18.0 Å². The number of benzene rings is 1. The number of imidazole rings is 1. The Hall–Kier alpha value is -2.17. The lowest BCUT2D eigenvalue weighted by Crippen LogP contribution is -2.15. The van der Waals surface area contributed by atoms with Gasteiger partial charge in [-0.1, -0.05) is 13.0 Å². The monoisotopic (exact) mass is 287 g/mol. The molecule has 0 amide bonds. The van der Waals surface area contributed by atoms with Gasteiger partial charge < -0.3 is 19.8 Å². The molecule has 0 spiro atoms. The van der Waals surface area contributed by atoms with E-state index >= 15 is 0 Å². The number of nitrogens with two attached hydrogens (primary N) is 1. The molecule has 0 aliphatic carbocycles. The van der Waals surface area contributed by atoms with Gasteiger partial charge in [0.05, 0.1) is 14.2 Å². The predicted octanol–water partition coefficient (Wildman–Crippen LogP) is 3.05. The van der Waals surface area contributed by atoms with Crippen molar-refractivity contribution in [3.05, 3.63) is 24.0 Å². The van der Waals surface area contributed by atoms with Gasteiger partial charge in [-0.2, -0.15) is 0 Å². The van der Waals surface area contributed by atoms with Gasteiger partial charge in [0.2, 0.25) is 0 Å². The molecule has 2 aromatic rings. The Kier molecular flexibility index (Phi) is 3.49. The zero-order valence-corrected chi connectivity index (χ0v) is 12.7. The molecule has 0 radical (unpaired) electrons. The maximum absolute atomic E-state index is 6.34. The van der Waals surface area contributed by atoms with Crippen LogP contribution in [0.1, 0.15) is 31.5 Å². The van der Waals surface area contributed by atoms with E-state index in [9.17, 15) is 0 Å². The average molecular weight is 287 g/mol. The summed E-state index contributed by atoms with van der Waals surface area (Å²) in [6, 6.07) is 5.77. The van der Waals surface area contributed by atoms with E-state index in [0.717, 1.165) is 36.5 Å². The molecule has 0 bridgehead atoms. The van der Waals surface area contributed by atoms with E-state index in [4.69, 9.17) is 20.2 Å². The highest BCUT2D eigenvalue weighted by Crippen LogP contribution is 2.41. The molecule has 2 heterocycles. The van der Waals surface area contributed by atoms with Crippen molar-refractivity contribution in [2.45, 2.75) is 32.2 Å². The van der Waals surface area contributed by atoms with Crippen molar-refractivity contribution in [1.29, 1.82) is 0 Å². The lowest BCUT2D eigenvalue weighted by atomic mass is 10.0. The Labute approximate surface area is 124 Å². The number of anilines is 1. The summed E-state index contributed by atoms with van der Waals surface area (Å²) < 4.78 is 13.0. The Morgan fingerprint density at radius 3 is 2.76 bits per heavy atom. The number of aromatic nitrogens is 2. The Morgan fingerprint density at radius 1 is 1.29 bits per heavy atom. The highest BCUT2D eigenvalue weighted by molar-refractivity contribution is 5.78. The van der Waals surface area contributed by atoms with Crippen LogP contribution in [0, 0.1) is 0 Å². The Morgan fingerprint density at radius 2 is 2.10 bits per heavy atom. The number of hydrogen-bond acceptors (Lipinski definition) is 4. The van der Waals surface area contributed by atoms with Crippen LogP contribution in [0.15, 0.2) is 18.2 Å². The van der Waals surface area contributed by atoms with Gasteiger partial charge in [0.25, 0.3) is 0 Å². The van der Waals surface area contributed by atoms with Crippen LogP contribution in [0.25, 0.3) is 11.3 Å². The van der Waals surface area contributed by atoms with Crippen molar-refractivity contribution < 1.29 is 9.47 Å². The van der Waals surface area contributed by atoms with Crippen LogP contribution in [-0.2, 0) is 6.54 Å². The molecule has 2 N–H and O–H groups in total. The van der Waals surface area contributed by atoms with E-state index in [1.807, 2.05) is 18.2 Å². The third-order valence-corrected chi connectivity index (χ3v) is 4.15. The quantitative estimate of drug-likeness (QED) is 0.942. The van der Waals surface area contributed by atoms with Crippen LogP contribution in [0.4, 0.5) is 5.82 Å². The Balaban J connectivity index is 2.18. The van der Waals surface area contributed by atoms with E-state index in [-0.39, 0.29) is 0 Å². The summed E-state index contributed by atoms with van der Waals surface area (Å²) in [5.74, 6) is 3.58. The summed E-state index contributed by atoms with van der Waals surface area (Å²) in [5.41, 5.74) is 8.00. The van der Waals surface area contributed by atoms with Gasteiger partial charge in [-0.05, 0) is 25.0 Å². The number of nitrogens with zero attached hydrogens (tertiary/aromatic N) is 2. The van der Waals surface area contributed by atoms with E-state index in [1.165, 1.54) is 0 Å². The van der Waals surface area contributed by atoms with Crippen LogP contribution in [0.3, 0.4) is 0 Å². The number of nitrogen functional groups attached to an aromatic ring is 1. The second kappa shape index (κ2) is 5.31. The van der Waals surface area contributed by atoms with Crippen molar-refractivity contribution >= 4 is 5.82 Å². The van der Waals surface area contributed by atoms with Crippen molar-refractivity contribution in [2.24, 2.45) is 0 Å². The molecule has 5 nitrogen and oxygen atoms in total. The van der Waals surface area contributed by atoms with Crippen LogP contribution in [0.5, 0.6) is 11.5 Å². The van der Waals surface area contributed by atoms with Gasteiger partial charge in [-0.3, -0.25) is 0 Å². The molecule has 1 aliphatic heterocycles. The van der Waals surface area contributed by atoms with E-state index < -0.39 is 0 Å². The number of rotatable bonds is 3. The molecule has 1 unspecified atom stereocenters. The summed E-state index contributed by atoms with van der Waals surface area (Å²) in [5, 5.41) is 0. The number of fused-ring (bicyclic) bond motifs is 1. The van der Waals surface area contributed by atoms with Crippen molar-refractivity contribution in [3.63, 3.8) is 0 Å². The first-order valence-corrected chi connectivity index (χ1v) is 7.24. The number of para-hydroxylation sites is 1. The molecule has 0 fully saturated rings. The SMILES string of the molecule is COc1cccc(-c2nc3n(c2N)CCCC3C)c1OC. The van der Waals surface area contributed by atoms with Crippen molar-refractivity contribution in [1.82, 2.24) is 9.55 Å². The van der Waals surface area contributed by atoms with Crippen LogP contribution < -0.4 is 15.2 Å². The van der Waals surface area contributed by atoms with Crippen molar-refractivity contribution in [2.75, 3.05) is 20.0 Å². The first-order valence-electron chi connectivity index (χ1n) is 7.24. The molecule has 0 saturated carbocycles. The number of hydrogen-bond donors (Lipinski definition) is 1. The fourth-order valence-electron chi connectivity index (χ4n) is 3.05. The highest BCUT2D eigenvalue weighted by atomic mass is 16.5. The molecular weight excluding hydrogens is 266 g/mol. The fraction of sp³-hybridized carbons (Fsp3) is 0.438. The van der Waals surface area contributed by atoms with Crippen molar-refractivity contribution in [3.8, 4) is 22.8 Å². The van der Waals surface area contributed by atoms with Crippen LogP contribution >= 0.6 is 0 Å². The first kappa shape index (κ1) is 13.8. The summed E-state index contributed by atoms with van der Waals surface area (Å²) in [6.07, 6.45) is 2.30. The second-order valence-electron chi connectivity index (χ2n) is 5.44. The minimum atomic E-state index is 0.436. The molecule has 5 heteroatoms. The highest BCUT2D eigenvalue weighted by Gasteiger charge is 2.25. The van der Waals surface area contributed by atoms with Gasteiger partial charge in [-0.25, -0.2) is 4.98 Å². The van der Waals surface area contributed by atoms with Gasteiger partial charge in [0.1, 0.15) is 17.3 Å². The molecule has 1 aromatic heterocycles. The molecule has 1 atom stereocenters. The van der Waals surface area contributed by atoms with Crippen LogP contribution in [-0.4, -0.2) is 23.8 Å². The van der Waals surface area contributed by atoms with Gasteiger partial charge in [0.15, 0.2) is 11.5 Å². The lowest BCUT2D eigenvalue weighted by molar-refractivity contribution is 0.356. The summed E-state index contributed by atoms with van der Waals surface area (Å²) >= 11 is 0. The minimum Gasteiger partial charge on any atom is -0.493 e. The normalized spacial score (nSPS) is 17.4. The largest absolute Gasteiger partial charge is 0.493 e. The second-order valence-corrected chi connectivity index (χ2v) is 5.44. The number of methoxy groups -OCH3 is 2. The molecule has 1 aliphatic rings. The zero-order valence-electron chi connectivity index (χ0n) is 12.7. The molecular formula is C16H21N3O2. The molecule has 0 saturated heterocycles. The van der Waals surface area contributed by atoms with E-state index in [1.54, 1.807) is 14.2 Å².